The molecule has 1 aliphatic rings. The Morgan fingerprint density at radius 3 is 2.65 bits per heavy atom. The van der Waals surface area contributed by atoms with Crippen molar-refractivity contribution in [1.82, 2.24) is 25.2 Å². The van der Waals surface area contributed by atoms with Gasteiger partial charge in [0.25, 0.3) is 0 Å². The lowest BCUT2D eigenvalue weighted by atomic mass is 9.85. The van der Waals surface area contributed by atoms with E-state index >= 15 is 0 Å². The monoisotopic (exact) mass is 417 g/mol. The SMILES string of the molecule is Cc1nn(C)c2cc(-c3noc(C4CCC(NC(O)c5ccccc5)CC4)n3)ccc12. The summed E-state index contributed by atoms with van der Waals surface area (Å²) in [5.74, 6) is 1.59. The van der Waals surface area contributed by atoms with Crippen LogP contribution in [0.4, 0.5) is 0 Å². The fraction of sp³-hybridized carbons (Fsp3) is 0.375. The van der Waals surface area contributed by atoms with Crippen molar-refractivity contribution in [3.05, 3.63) is 65.7 Å². The molecule has 2 heterocycles. The molecule has 7 nitrogen and oxygen atoms in total. The minimum Gasteiger partial charge on any atom is -0.374 e. The molecule has 0 radical (unpaired) electrons. The number of benzene rings is 2. The second kappa shape index (κ2) is 8.24. The van der Waals surface area contributed by atoms with E-state index in [4.69, 9.17) is 9.51 Å². The third-order valence-corrected chi connectivity index (χ3v) is 6.32. The minimum atomic E-state index is -0.636. The highest BCUT2D eigenvalue weighted by atomic mass is 16.5. The summed E-state index contributed by atoms with van der Waals surface area (Å²) >= 11 is 0. The predicted molar refractivity (Wildman–Crippen MR) is 118 cm³/mol. The van der Waals surface area contributed by atoms with Crippen LogP contribution in [-0.4, -0.2) is 31.1 Å². The third-order valence-electron chi connectivity index (χ3n) is 6.32. The summed E-state index contributed by atoms with van der Waals surface area (Å²) in [6.07, 6.45) is 3.21. The molecular weight excluding hydrogens is 390 g/mol. The Balaban J connectivity index is 1.24. The number of aliphatic hydroxyl groups is 1. The van der Waals surface area contributed by atoms with Crippen LogP contribution in [0.2, 0.25) is 0 Å². The summed E-state index contributed by atoms with van der Waals surface area (Å²) in [5, 5.41) is 23.6. The van der Waals surface area contributed by atoms with Crippen molar-refractivity contribution in [2.24, 2.45) is 7.05 Å². The van der Waals surface area contributed by atoms with Crippen LogP contribution in [0.1, 0.15) is 55.0 Å². The smallest absolute Gasteiger partial charge is 0.230 e. The molecule has 0 amide bonds. The van der Waals surface area contributed by atoms with Crippen molar-refractivity contribution in [3.63, 3.8) is 0 Å². The third kappa shape index (κ3) is 3.98. The van der Waals surface area contributed by atoms with Gasteiger partial charge in [-0.05, 0) is 44.2 Å². The van der Waals surface area contributed by atoms with E-state index in [1.165, 1.54) is 0 Å². The summed E-state index contributed by atoms with van der Waals surface area (Å²) in [6.45, 7) is 2.01. The van der Waals surface area contributed by atoms with Gasteiger partial charge >= 0.3 is 0 Å². The molecule has 1 saturated carbocycles. The van der Waals surface area contributed by atoms with Crippen molar-refractivity contribution in [1.29, 1.82) is 0 Å². The van der Waals surface area contributed by atoms with Gasteiger partial charge < -0.3 is 9.63 Å². The van der Waals surface area contributed by atoms with Crippen molar-refractivity contribution < 1.29 is 9.63 Å². The van der Waals surface area contributed by atoms with Gasteiger partial charge in [0.15, 0.2) is 0 Å². The van der Waals surface area contributed by atoms with Crippen LogP contribution >= 0.6 is 0 Å². The lowest BCUT2D eigenvalue weighted by molar-refractivity contribution is 0.110. The zero-order valence-corrected chi connectivity index (χ0v) is 17.8. The molecule has 2 aromatic carbocycles. The normalized spacial score (nSPS) is 20.2. The topological polar surface area (TPSA) is 89.0 Å². The standard InChI is InChI=1S/C24H27N5O2/c1-15-20-13-10-18(14-21(20)29(2)27-15)22-26-24(31-28-22)17-8-11-19(12-9-17)25-23(30)16-6-4-3-5-7-16/h3-7,10,13-14,17,19,23,25,30H,8-9,11-12H2,1-2H3. The lowest BCUT2D eigenvalue weighted by Gasteiger charge is -2.29. The molecule has 0 aliphatic heterocycles. The second-order valence-electron chi connectivity index (χ2n) is 8.43. The van der Waals surface area contributed by atoms with Crippen LogP contribution in [0.15, 0.2) is 53.1 Å². The number of rotatable bonds is 5. The molecule has 2 N–H and O–H groups in total. The number of hydrogen-bond acceptors (Lipinski definition) is 6. The highest BCUT2D eigenvalue weighted by molar-refractivity contribution is 5.85. The van der Waals surface area contributed by atoms with Gasteiger partial charge in [-0.1, -0.05) is 47.6 Å². The van der Waals surface area contributed by atoms with E-state index in [0.29, 0.717) is 11.7 Å². The van der Waals surface area contributed by atoms with Gasteiger partial charge in [0.05, 0.1) is 11.2 Å². The van der Waals surface area contributed by atoms with Gasteiger partial charge in [-0.25, -0.2) is 0 Å². The highest BCUT2D eigenvalue weighted by Crippen LogP contribution is 2.34. The first kappa shape index (κ1) is 19.9. The van der Waals surface area contributed by atoms with Crippen LogP contribution in [0.5, 0.6) is 0 Å². The first-order valence-corrected chi connectivity index (χ1v) is 10.8. The van der Waals surface area contributed by atoms with Gasteiger partial charge in [0.2, 0.25) is 11.7 Å². The molecule has 1 atom stereocenters. The van der Waals surface area contributed by atoms with E-state index < -0.39 is 6.23 Å². The molecule has 2 aromatic heterocycles. The van der Waals surface area contributed by atoms with Crippen molar-refractivity contribution in [3.8, 4) is 11.4 Å². The maximum Gasteiger partial charge on any atom is 0.230 e. The Morgan fingerprint density at radius 2 is 1.87 bits per heavy atom. The van der Waals surface area contributed by atoms with Gasteiger partial charge in [-0.2, -0.15) is 10.1 Å². The Kier molecular flexibility index (Phi) is 5.29. The van der Waals surface area contributed by atoms with Gasteiger partial charge in [-0.3, -0.25) is 10.00 Å². The molecule has 7 heteroatoms. The minimum absolute atomic E-state index is 0.260. The fourth-order valence-electron chi connectivity index (χ4n) is 4.56. The van der Waals surface area contributed by atoms with Crippen LogP contribution in [0.3, 0.4) is 0 Å². The zero-order chi connectivity index (χ0) is 21.4. The maximum absolute atomic E-state index is 10.4. The number of aryl methyl sites for hydroxylation is 2. The Bertz CT molecular complexity index is 1180. The van der Waals surface area contributed by atoms with E-state index in [9.17, 15) is 5.11 Å². The van der Waals surface area contributed by atoms with Crippen LogP contribution < -0.4 is 5.32 Å². The predicted octanol–water partition coefficient (Wildman–Crippen LogP) is 4.24. The van der Waals surface area contributed by atoms with Gasteiger partial charge in [0, 0.05) is 30.0 Å². The average Bonchev–Trinajstić information content (AvgIpc) is 3.40. The number of aromatic nitrogens is 4. The Morgan fingerprint density at radius 1 is 1.10 bits per heavy atom. The average molecular weight is 418 g/mol. The number of fused-ring (bicyclic) bond motifs is 1. The summed E-state index contributed by atoms with van der Waals surface area (Å²) in [6, 6.07) is 16.2. The lowest BCUT2D eigenvalue weighted by Crippen LogP contribution is -2.35. The zero-order valence-electron chi connectivity index (χ0n) is 17.8. The molecule has 1 fully saturated rings. The second-order valence-corrected chi connectivity index (χ2v) is 8.43. The van der Waals surface area contributed by atoms with E-state index in [0.717, 1.165) is 53.4 Å². The molecule has 5 rings (SSSR count). The summed E-state index contributed by atoms with van der Waals surface area (Å²) in [4.78, 5) is 4.70. The Hall–Kier alpha value is -3.03. The van der Waals surface area contributed by atoms with E-state index in [-0.39, 0.29) is 12.0 Å². The highest BCUT2D eigenvalue weighted by Gasteiger charge is 2.28. The molecule has 0 bridgehead atoms. The van der Waals surface area contributed by atoms with Crippen LogP contribution in [-0.2, 0) is 7.05 Å². The summed E-state index contributed by atoms with van der Waals surface area (Å²) in [7, 11) is 1.95. The largest absolute Gasteiger partial charge is 0.374 e. The van der Waals surface area contributed by atoms with Gasteiger partial charge in [0.1, 0.15) is 6.23 Å². The van der Waals surface area contributed by atoms with Crippen LogP contribution in [0.25, 0.3) is 22.3 Å². The molecule has 31 heavy (non-hydrogen) atoms. The molecular formula is C24H27N5O2. The van der Waals surface area contributed by atoms with E-state index in [2.05, 4.69) is 27.7 Å². The number of nitrogens with zero attached hydrogens (tertiary/aromatic N) is 4. The van der Waals surface area contributed by atoms with E-state index in [1.807, 2.05) is 55.1 Å². The van der Waals surface area contributed by atoms with Crippen LogP contribution in [0, 0.1) is 6.92 Å². The Labute approximate surface area is 181 Å². The quantitative estimate of drug-likeness (QED) is 0.472. The number of nitrogens with one attached hydrogen (secondary N) is 1. The number of aliphatic hydroxyl groups excluding tert-OH is 1. The van der Waals surface area contributed by atoms with Gasteiger partial charge in [-0.15, -0.1) is 0 Å². The van der Waals surface area contributed by atoms with E-state index in [1.54, 1.807) is 0 Å². The molecule has 4 aromatic rings. The molecule has 1 unspecified atom stereocenters. The molecule has 160 valence electrons. The first-order chi connectivity index (χ1) is 15.1. The molecule has 0 spiro atoms. The molecule has 1 aliphatic carbocycles. The number of hydrogen-bond donors (Lipinski definition) is 2. The summed E-state index contributed by atoms with van der Waals surface area (Å²) in [5.41, 5.74) is 3.91. The van der Waals surface area contributed by atoms with Crippen molar-refractivity contribution >= 4 is 10.9 Å². The van der Waals surface area contributed by atoms with Crippen molar-refractivity contribution in [2.75, 3.05) is 0 Å². The summed E-state index contributed by atoms with van der Waals surface area (Å²) < 4.78 is 7.52. The first-order valence-electron chi connectivity index (χ1n) is 10.8. The maximum atomic E-state index is 10.4. The fourth-order valence-corrected chi connectivity index (χ4v) is 4.56. The molecule has 0 saturated heterocycles. The van der Waals surface area contributed by atoms with Crippen molar-refractivity contribution in [2.45, 2.75) is 50.8 Å².